The number of nitrogens with zero attached hydrogens (tertiary/aromatic N) is 3. The van der Waals surface area contributed by atoms with Crippen LogP contribution in [0.5, 0.6) is 11.5 Å². The Kier molecular flexibility index (Phi) is 8.74. The molecule has 0 bridgehead atoms. The fraction of sp³-hybridized carbons (Fsp3) is 0.250. The Hall–Kier alpha value is -3.67. The van der Waals surface area contributed by atoms with E-state index in [1.54, 1.807) is 13.8 Å². The summed E-state index contributed by atoms with van der Waals surface area (Å²) in [5.41, 5.74) is -0.608. The second kappa shape index (κ2) is 11.3. The quantitative estimate of drug-likeness (QED) is 0.211. The highest BCUT2D eigenvalue weighted by molar-refractivity contribution is 6.32. The van der Waals surface area contributed by atoms with Gasteiger partial charge in [-0.15, -0.1) is 0 Å². The number of ether oxygens (including phenoxy) is 1. The molecule has 0 aliphatic heterocycles. The number of oxime groups is 2. The van der Waals surface area contributed by atoms with Crippen LogP contribution in [-0.4, -0.2) is 35.5 Å². The Morgan fingerprint density at radius 1 is 1.12 bits per heavy atom. The highest BCUT2D eigenvalue weighted by atomic mass is 35.5. The van der Waals surface area contributed by atoms with Gasteiger partial charge >= 0.3 is 12.1 Å². The number of rotatable bonds is 9. The molecule has 2 rings (SSSR count). The third-order valence-electron chi connectivity index (χ3n) is 3.64. The molecule has 0 N–H and O–H groups in total. The van der Waals surface area contributed by atoms with Crippen molar-refractivity contribution in [2.24, 2.45) is 10.3 Å². The number of alkyl halides is 3. The van der Waals surface area contributed by atoms with Crippen molar-refractivity contribution in [1.29, 1.82) is 0 Å². The number of nitro groups is 1. The average Bonchev–Trinajstić information content (AvgIpc) is 2.72. The molecule has 0 spiro atoms. The smallest absolute Gasteiger partial charge is 0.416 e. The molecular formula is C20H17ClF3N3O6. The van der Waals surface area contributed by atoms with Crippen LogP contribution >= 0.6 is 11.6 Å². The molecule has 0 radical (unpaired) electrons. The minimum absolute atomic E-state index is 0.0112. The number of hydrogen-bond donors (Lipinski definition) is 0. The van der Waals surface area contributed by atoms with Gasteiger partial charge in [-0.2, -0.15) is 13.2 Å². The van der Waals surface area contributed by atoms with Gasteiger partial charge in [-0.1, -0.05) is 34.0 Å². The van der Waals surface area contributed by atoms with Gasteiger partial charge in [-0.05, 0) is 44.2 Å². The number of carbonyl (C=O) groups is 1. The first kappa shape index (κ1) is 25.6. The molecule has 0 unspecified atom stereocenters. The Labute approximate surface area is 190 Å². The van der Waals surface area contributed by atoms with Crippen molar-refractivity contribution in [3.05, 3.63) is 68.7 Å². The van der Waals surface area contributed by atoms with Crippen molar-refractivity contribution in [1.82, 2.24) is 0 Å². The lowest BCUT2D eigenvalue weighted by Crippen LogP contribution is -2.17. The topological polar surface area (TPSA) is 113 Å². The maximum atomic E-state index is 12.8. The van der Waals surface area contributed by atoms with E-state index in [0.29, 0.717) is 11.8 Å². The monoisotopic (exact) mass is 487 g/mol. The fourth-order valence-corrected chi connectivity index (χ4v) is 2.51. The summed E-state index contributed by atoms with van der Waals surface area (Å²) in [7, 11) is 0. The standard InChI is InChI=1S/C20H17ClF3N3O6/c1-12(2)25-33-19(28)11-31-26-16(10-27(29)30)14-5-3-4-6-17(14)32-18-8-7-13(9-15(18)21)20(22,23)24/h3-9H,10-11H2,1-2H3/b26-16+. The van der Waals surface area contributed by atoms with E-state index < -0.39 is 35.8 Å². The third kappa shape index (κ3) is 8.07. The molecule has 33 heavy (non-hydrogen) atoms. The lowest BCUT2D eigenvalue weighted by molar-refractivity contribution is -0.463. The summed E-state index contributed by atoms with van der Waals surface area (Å²) in [5.74, 6) is -0.992. The fourth-order valence-electron chi connectivity index (χ4n) is 2.29. The van der Waals surface area contributed by atoms with E-state index in [2.05, 4.69) is 15.1 Å². The maximum Gasteiger partial charge on any atom is 0.416 e. The summed E-state index contributed by atoms with van der Waals surface area (Å²) < 4.78 is 44.1. The molecule has 9 nitrogen and oxygen atoms in total. The van der Waals surface area contributed by atoms with E-state index in [0.717, 1.165) is 12.1 Å². The summed E-state index contributed by atoms with van der Waals surface area (Å²) in [6.45, 7) is 1.72. The normalized spacial score (nSPS) is 11.5. The second-order valence-corrected chi connectivity index (χ2v) is 6.95. The first-order valence-electron chi connectivity index (χ1n) is 9.13. The largest absolute Gasteiger partial charge is 0.455 e. The molecule has 0 amide bonds. The molecule has 0 saturated heterocycles. The predicted octanol–water partition coefficient (Wildman–Crippen LogP) is 5.09. The van der Waals surface area contributed by atoms with E-state index >= 15 is 0 Å². The number of para-hydroxylation sites is 1. The van der Waals surface area contributed by atoms with Crippen molar-refractivity contribution in [2.75, 3.05) is 13.2 Å². The van der Waals surface area contributed by atoms with Gasteiger partial charge in [0.15, 0.2) is 5.71 Å². The molecule has 13 heteroatoms. The molecular weight excluding hydrogens is 471 g/mol. The molecule has 0 saturated carbocycles. The summed E-state index contributed by atoms with van der Waals surface area (Å²) >= 11 is 5.92. The highest BCUT2D eigenvalue weighted by Crippen LogP contribution is 2.37. The Bertz CT molecular complexity index is 1080. The first-order valence-corrected chi connectivity index (χ1v) is 9.51. The van der Waals surface area contributed by atoms with Crippen LogP contribution in [0.3, 0.4) is 0 Å². The third-order valence-corrected chi connectivity index (χ3v) is 3.94. The predicted molar refractivity (Wildman–Crippen MR) is 112 cm³/mol. The summed E-state index contributed by atoms with van der Waals surface area (Å²) in [4.78, 5) is 31.4. The lowest BCUT2D eigenvalue weighted by atomic mass is 10.1. The van der Waals surface area contributed by atoms with E-state index in [-0.39, 0.29) is 27.8 Å². The maximum absolute atomic E-state index is 12.8. The van der Waals surface area contributed by atoms with Crippen molar-refractivity contribution in [3.8, 4) is 11.5 Å². The van der Waals surface area contributed by atoms with Crippen LogP contribution < -0.4 is 4.74 Å². The molecule has 0 heterocycles. The van der Waals surface area contributed by atoms with Crippen molar-refractivity contribution in [2.45, 2.75) is 20.0 Å². The van der Waals surface area contributed by atoms with Crippen molar-refractivity contribution in [3.63, 3.8) is 0 Å². The van der Waals surface area contributed by atoms with Gasteiger partial charge in [-0.25, -0.2) is 4.79 Å². The Balaban J connectivity index is 2.29. The van der Waals surface area contributed by atoms with Crippen LogP contribution in [0.25, 0.3) is 0 Å². The lowest BCUT2D eigenvalue weighted by Gasteiger charge is -2.14. The first-order chi connectivity index (χ1) is 15.5. The van der Waals surface area contributed by atoms with E-state index in [9.17, 15) is 28.1 Å². The number of halogens is 4. The van der Waals surface area contributed by atoms with Gasteiger partial charge < -0.3 is 14.4 Å². The molecule has 0 fully saturated rings. The molecule has 0 aromatic heterocycles. The SMILES string of the molecule is CC(C)=NOC(=O)CO/N=C(\C[N+](=O)[O-])c1ccccc1Oc1ccc(C(F)(F)F)cc1Cl. The van der Waals surface area contributed by atoms with Crippen LogP contribution in [0.1, 0.15) is 25.0 Å². The van der Waals surface area contributed by atoms with Gasteiger partial charge in [0, 0.05) is 10.5 Å². The Morgan fingerprint density at radius 2 is 1.82 bits per heavy atom. The molecule has 0 aliphatic rings. The van der Waals surface area contributed by atoms with Gasteiger partial charge in [0.1, 0.15) is 11.5 Å². The summed E-state index contributed by atoms with van der Waals surface area (Å²) in [5, 5.41) is 17.9. The van der Waals surface area contributed by atoms with Gasteiger partial charge in [0.05, 0.1) is 16.3 Å². The zero-order chi connectivity index (χ0) is 24.6. The van der Waals surface area contributed by atoms with Gasteiger partial charge in [0.25, 0.3) is 0 Å². The van der Waals surface area contributed by atoms with Crippen molar-refractivity contribution < 1.29 is 37.3 Å². The van der Waals surface area contributed by atoms with Crippen LogP contribution in [0.2, 0.25) is 5.02 Å². The zero-order valence-corrected chi connectivity index (χ0v) is 18.0. The highest BCUT2D eigenvalue weighted by Gasteiger charge is 2.31. The molecule has 0 atom stereocenters. The van der Waals surface area contributed by atoms with E-state index in [1.807, 2.05) is 0 Å². The molecule has 176 valence electrons. The molecule has 2 aromatic rings. The zero-order valence-electron chi connectivity index (χ0n) is 17.3. The van der Waals surface area contributed by atoms with Gasteiger partial charge in [-0.3, -0.25) is 10.1 Å². The second-order valence-electron chi connectivity index (χ2n) is 6.55. The number of carbonyl (C=O) groups excluding carboxylic acids is 1. The minimum Gasteiger partial charge on any atom is -0.455 e. The minimum atomic E-state index is -4.59. The number of benzene rings is 2. The molecule has 0 aliphatic carbocycles. The van der Waals surface area contributed by atoms with Crippen LogP contribution in [-0.2, 0) is 20.6 Å². The van der Waals surface area contributed by atoms with Crippen LogP contribution in [0.15, 0.2) is 52.8 Å². The van der Waals surface area contributed by atoms with Gasteiger partial charge in [0.2, 0.25) is 13.2 Å². The average molecular weight is 488 g/mol. The number of hydrogen-bond acceptors (Lipinski definition) is 8. The summed E-state index contributed by atoms with van der Waals surface area (Å²) in [6, 6.07) is 8.39. The summed E-state index contributed by atoms with van der Waals surface area (Å²) in [6.07, 6.45) is -4.59. The van der Waals surface area contributed by atoms with Crippen LogP contribution in [0.4, 0.5) is 13.2 Å². The molecule has 2 aromatic carbocycles. The van der Waals surface area contributed by atoms with Crippen LogP contribution in [0, 0.1) is 10.1 Å². The Morgan fingerprint density at radius 3 is 2.42 bits per heavy atom. The van der Waals surface area contributed by atoms with E-state index in [1.165, 1.54) is 24.3 Å². The van der Waals surface area contributed by atoms with Crippen molar-refractivity contribution >= 4 is 29.0 Å². The van der Waals surface area contributed by atoms with E-state index in [4.69, 9.17) is 21.2 Å².